The van der Waals surface area contributed by atoms with Crippen molar-refractivity contribution in [1.29, 1.82) is 0 Å². The Balaban J connectivity index is 2.56. The second-order valence-electron chi connectivity index (χ2n) is 4.78. The molecule has 23 heavy (non-hydrogen) atoms. The van der Waals surface area contributed by atoms with Crippen LogP contribution in [0.4, 0.5) is 5.69 Å². The van der Waals surface area contributed by atoms with Gasteiger partial charge in [-0.2, -0.15) is 0 Å². The Morgan fingerprint density at radius 2 is 2.09 bits per heavy atom. The summed E-state index contributed by atoms with van der Waals surface area (Å²) >= 11 is 1.22. The summed E-state index contributed by atoms with van der Waals surface area (Å²) in [5, 5.41) is 13.6. The van der Waals surface area contributed by atoms with Crippen LogP contribution in [0.1, 0.15) is 36.5 Å². The van der Waals surface area contributed by atoms with Gasteiger partial charge in [-0.3, -0.25) is 14.9 Å². The Hall–Kier alpha value is -2.09. The summed E-state index contributed by atoms with van der Waals surface area (Å²) < 4.78 is 4.87. The number of ether oxygens (including phenoxy) is 1. The summed E-state index contributed by atoms with van der Waals surface area (Å²) in [5.41, 5.74) is -0.107. The quantitative estimate of drug-likeness (QED) is 0.244. The molecule has 8 heteroatoms. The minimum absolute atomic E-state index is 0.0493. The van der Waals surface area contributed by atoms with Gasteiger partial charge in [0.05, 0.1) is 15.4 Å². The minimum Gasteiger partial charge on any atom is -0.452 e. The average molecular weight is 340 g/mol. The monoisotopic (exact) mass is 340 g/mol. The molecular weight excluding hydrogens is 320 g/mol. The summed E-state index contributed by atoms with van der Waals surface area (Å²) in [6.45, 7) is 2.20. The summed E-state index contributed by atoms with van der Waals surface area (Å²) in [6, 6.07) is 4.10. The van der Waals surface area contributed by atoms with Crippen molar-refractivity contribution in [2.45, 2.75) is 31.1 Å². The highest BCUT2D eigenvalue weighted by atomic mass is 32.2. The lowest BCUT2D eigenvalue weighted by atomic mass is 10.2. The molecule has 0 saturated heterocycles. The number of nitrogens with zero attached hydrogens (tertiary/aromatic N) is 1. The van der Waals surface area contributed by atoms with Crippen LogP contribution in [0.15, 0.2) is 23.1 Å². The standard InChI is InChI=1S/C15H20N2O5S/c1-3-4-5-8-16-14(18)10-22-15(19)11-6-7-13(23-2)12(9-11)17(20)21/h6-7,9H,3-5,8,10H2,1-2H3,(H,16,18). The number of hydrogen-bond donors (Lipinski definition) is 1. The molecule has 0 radical (unpaired) electrons. The van der Waals surface area contributed by atoms with Crippen molar-refractivity contribution in [3.8, 4) is 0 Å². The second kappa shape index (κ2) is 9.83. The maximum atomic E-state index is 11.9. The van der Waals surface area contributed by atoms with Gasteiger partial charge >= 0.3 is 5.97 Å². The Bertz CT molecular complexity index is 577. The van der Waals surface area contributed by atoms with E-state index in [2.05, 4.69) is 12.2 Å². The third-order valence-corrected chi connectivity index (χ3v) is 3.83. The first-order chi connectivity index (χ1) is 11.0. The van der Waals surface area contributed by atoms with Gasteiger partial charge in [0, 0.05) is 12.6 Å². The predicted octanol–water partition coefficient (Wildman–Crippen LogP) is 2.78. The zero-order chi connectivity index (χ0) is 17.2. The molecule has 1 rings (SSSR count). The lowest BCUT2D eigenvalue weighted by Crippen LogP contribution is -2.29. The molecule has 0 fully saturated rings. The molecule has 1 N–H and O–H groups in total. The van der Waals surface area contributed by atoms with Crippen LogP contribution >= 0.6 is 11.8 Å². The summed E-state index contributed by atoms with van der Waals surface area (Å²) in [7, 11) is 0. The molecule has 0 atom stereocenters. The van der Waals surface area contributed by atoms with Gasteiger partial charge in [0.25, 0.3) is 11.6 Å². The third kappa shape index (κ3) is 6.27. The van der Waals surface area contributed by atoms with Crippen molar-refractivity contribution < 1.29 is 19.2 Å². The SMILES string of the molecule is CCCCCNC(=O)COC(=O)c1ccc(SC)c([N+](=O)[O-])c1. The van der Waals surface area contributed by atoms with Gasteiger partial charge < -0.3 is 10.1 Å². The van der Waals surface area contributed by atoms with Crippen LogP contribution < -0.4 is 5.32 Å². The van der Waals surface area contributed by atoms with Gasteiger partial charge in [-0.25, -0.2) is 4.79 Å². The molecule has 0 aliphatic carbocycles. The van der Waals surface area contributed by atoms with Crippen molar-refractivity contribution in [3.05, 3.63) is 33.9 Å². The zero-order valence-electron chi connectivity index (χ0n) is 13.2. The zero-order valence-corrected chi connectivity index (χ0v) is 14.0. The van der Waals surface area contributed by atoms with E-state index in [0.717, 1.165) is 25.3 Å². The highest BCUT2D eigenvalue weighted by Gasteiger charge is 2.18. The van der Waals surface area contributed by atoms with Crippen molar-refractivity contribution in [2.24, 2.45) is 0 Å². The number of nitrogens with one attached hydrogen (secondary N) is 1. The Kier molecular flexibility index (Phi) is 8.10. The topological polar surface area (TPSA) is 98.5 Å². The number of thioether (sulfide) groups is 1. The van der Waals surface area contributed by atoms with E-state index in [9.17, 15) is 19.7 Å². The first-order valence-corrected chi connectivity index (χ1v) is 8.48. The van der Waals surface area contributed by atoms with E-state index in [1.54, 1.807) is 6.26 Å². The normalized spacial score (nSPS) is 10.2. The van der Waals surface area contributed by atoms with Gasteiger partial charge in [-0.15, -0.1) is 11.8 Å². The molecule has 1 aromatic rings. The lowest BCUT2D eigenvalue weighted by Gasteiger charge is -2.07. The van der Waals surface area contributed by atoms with Crippen LogP contribution in [0.25, 0.3) is 0 Å². The van der Waals surface area contributed by atoms with Gasteiger partial charge in [-0.05, 0) is 24.8 Å². The van der Waals surface area contributed by atoms with Crippen LogP contribution in [0.5, 0.6) is 0 Å². The fraction of sp³-hybridized carbons (Fsp3) is 0.467. The number of esters is 1. The van der Waals surface area contributed by atoms with E-state index in [0.29, 0.717) is 11.4 Å². The number of rotatable bonds is 9. The molecule has 0 spiro atoms. The van der Waals surface area contributed by atoms with Crippen LogP contribution in [0.2, 0.25) is 0 Å². The van der Waals surface area contributed by atoms with E-state index >= 15 is 0 Å². The molecule has 0 aliphatic rings. The van der Waals surface area contributed by atoms with Gasteiger partial charge in [0.1, 0.15) is 0 Å². The van der Waals surface area contributed by atoms with Gasteiger partial charge in [0.15, 0.2) is 6.61 Å². The molecule has 126 valence electrons. The molecule has 0 aliphatic heterocycles. The largest absolute Gasteiger partial charge is 0.452 e. The number of hydrogen-bond acceptors (Lipinski definition) is 6. The van der Waals surface area contributed by atoms with Gasteiger partial charge in [0.2, 0.25) is 0 Å². The number of nitro groups is 1. The Labute approximate surface area is 138 Å². The van der Waals surface area contributed by atoms with E-state index in [4.69, 9.17) is 4.74 Å². The molecule has 0 aromatic heterocycles. The summed E-state index contributed by atoms with van der Waals surface area (Å²) in [6.07, 6.45) is 4.66. The average Bonchev–Trinajstić information content (AvgIpc) is 2.55. The van der Waals surface area contributed by atoms with Crippen LogP contribution in [0.3, 0.4) is 0 Å². The number of nitro benzene ring substituents is 1. The van der Waals surface area contributed by atoms with Crippen molar-refractivity contribution in [3.63, 3.8) is 0 Å². The molecular formula is C15H20N2O5S. The molecule has 0 unspecified atom stereocenters. The van der Waals surface area contributed by atoms with E-state index in [-0.39, 0.29) is 17.2 Å². The summed E-state index contributed by atoms with van der Waals surface area (Å²) in [4.78, 5) is 34.3. The summed E-state index contributed by atoms with van der Waals surface area (Å²) in [5.74, 6) is -1.14. The van der Waals surface area contributed by atoms with E-state index < -0.39 is 17.5 Å². The third-order valence-electron chi connectivity index (χ3n) is 3.05. The van der Waals surface area contributed by atoms with E-state index in [1.165, 1.54) is 23.9 Å². The second-order valence-corrected chi connectivity index (χ2v) is 5.63. The number of unbranched alkanes of at least 4 members (excludes halogenated alkanes) is 2. The molecule has 0 heterocycles. The Morgan fingerprint density at radius 3 is 2.70 bits per heavy atom. The lowest BCUT2D eigenvalue weighted by molar-refractivity contribution is -0.387. The Morgan fingerprint density at radius 1 is 1.35 bits per heavy atom. The first kappa shape index (κ1) is 19.0. The first-order valence-electron chi connectivity index (χ1n) is 7.25. The highest BCUT2D eigenvalue weighted by molar-refractivity contribution is 7.98. The highest BCUT2D eigenvalue weighted by Crippen LogP contribution is 2.28. The van der Waals surface area contributed by atoms with Crippen molar-refractivity contribution in [2.75, 3.05) is 19.4 Å². The number of carbonyl (C=O) groups is 2. The van der Waals surface area contributed by atoms with Gasteiger partial charge in [-0.1, -0.05) is 19.8 Å². The molecule has 0 bridgehead atoms. The maximum absolute atomic E-state index is 11.9. The van der Waals surface area contributed by atoms with Crippen molar-refractivity contribution in [1.82, 2.24) is 5.32 Å². The number of benzene rings is 1. The minimum atomic E-state index is -0.760. The van der Waals surface area contributed by atoms with E-state index in [1.807, 2.05) is 0 Å². The fourth-order valence-corrected chi connectivity index (χ4v) is 2.37. The smallest absolute Gasteiger partial charge is 0.338 e. The van der Waals surface area contributed by atoms with Crippen LogP contribution in [-0.4, -0.2) is 36.2 Å². The molecule has 0 saturated carbocycles. The molecule has 7 nitrogen and oxygen atoms in total. The number of amides is 1. The molecule has 1 amide bonds. The van der Waals surface area contributed by atoms with Crippen molar-refractivity contribution >= 4 is 29.3 Å². The number of carbonyl (C=O) groups excluding carboxylic acids is 2. The predicted molar refractivity (Wildman–Crippen MR) is 87.7 cm³/mol. The fourth-order valence-electron chi connectivity index (χ4n) is 1.83. The molecule has 1 aromatic carbocycles. The maximum Gasteiger partial charge on any atom is 0.338 e. The van der Waals surface area contributed by atoms with Crippen LogP contribution in [-0.2, 0) is 9.53 Å². The van der Waals surface area contributed by atoms with Crippen LogP contribution in [0, 0.1) is 10.1 Å².